The lowest BCUT2D eigenvalue weighted by molar-refractivity contribution is 0.257. The second-order valence-electron chi connectivity index (χ2n) is 4.37. The molecule has 0 aromatic rings. The van der Waals surface area contributed by atoms with E-state index < -0.39 is 0 Å². The number of rotatable bonds is 3. The van der Waals surface area contributed by atoms with Gasteiger partial charge in [0, 0.05) is 6.61 Å². The minimum Gasteiger partial charge on any atom is -0.396 e. The number of hydrogen-bond donors (Lipinski definition) is 2. The van der Waals surface area contributed by atoms with Crippen molar-refractivity contribution in [3.63, 3.8) is 0 Å². The Bertz CT molecular complexity index is 143. The molecule has 1 aliphatic carbocycles. The zero-order chi connectivity index (χ0) is 8.39. The molecule has 0 bridgehead atoms. The van der Waals surface area contributed by atoms with Crippen LogP contribution in [-0.2, 0) is 0 Å². The van der Waals surface area contributed by atoms with Crippen molar-refractivity contribution in [3.05, 3.63) is 0 Å². The van der Waals surface area contributed by atoms with Gasteiger partial charge in [0.05, 0.1) is 0 Å². The second-order valence-corrected chi connectivity index (χ2v) is 4.37. The van der Waals surface area contributed by atoms with Gasteiger partial charge in [0.25, 0.3) is 0 Å². The third kappa shape index (κ3) is 1.99. The fourth-order valence-electron chi connectivity index (χ4n) is 2.37. The van der Waals surface area contributed by atoms with Crippen LogP contribution in [0.3, 0.4) is 0 Å². The molecule has 0 amide bonds. The molecular weight excluding hydrogens is 150 g/mol. The van der Waals surface area contributed by atoms with E-state index in [9.17, 15) is 0 Å². The molecule has 2 unspecified atom stereocenters. The molecule has 1 aliphatic heterocycles. The molecular formula is C10H19NO. The van der Waals surface area contributed by atoms with E-state index in [1.807, 2.05) is 0 Å². The Kier molecular flexibility index (Phi) is 2.66. The maximum Gasteiger partial charge on any atom is 0.0462 e. The molecule has 12 heavy (non-hydrogen) atoms. The zero-order valence-electron chi connectivity index (χ0n) is 7.63. The van der Waals surface area contributed by atoms with Crippen LogP contribution in [0.4, 0.5) is 0 Å². The molecule has 0 aromatic heterocycles. The number of nitrogens with one attached hydrogen (secondary N) is 1. The number of aliphatic hydroxyl groups is 1. The normalized spacial score (nSPS) is 36.8. The Labute approximate surface area is 74.4 Å². The summed E-state index contributed by atoms with van der Waals surface area (Å²) in [4.78, 5) is 0. The molecule has 2 atom stereocenters. The summed E-state index contributed by atoms with van der Waals surface area (Å²) in [7, 11) is 0. The van der Waals surface area contributed by atoms with Crippen molar-refractivity contribution in [3.8, 4) is 0 Å². The van der Waals surface area contributed by atoms with Crippen LogP contribution < -0.4 is 5.32 Å². The average Bonchev–Trinajstić information content (AvgIpc) is 2.85. The average molecular weight is 169 g/mol. The van der Waals surface area contributed by atoms with Crippen molar-refractivity contribution in [1.82, 2.24) is 5.32 Å². The SMILES string of the molecule is OCC1CC1CC1CCNCC1. The van der Waals surface area contributed by atoms with Crippen LogP contribution in [0.2, 0.25) is 0 Å². The first-order valence-corrected chi connectivity index (χ1v) is 5.21. The van der Waals surface area contributed by atoms with Crippen LogP contribution in [0.1, 0.15) is 25.7 Å². The van der Waals surface area contributed by atoms with Crippen molar-refractivity contribution < 1.29 is 5.11 Å². The predicted molar refractivity (Wildman–Crippen MR) is 48.9 cm³/mol. The number of piperidine rings is 1. The van der Waals surface area contributed by atoms with E-state index in [-0.39, 0.29) is 0 Å². The molecule has 2 rings (SSSR count). The predicted octanol–water partition coefficient (Wildman–Crippen LogP) is 1.00. The fourth-order valence-corrected chi connectivity index (χ4v) is 2.37. The first kappa shape index (κ1) is 8.52. The van der Waals surface area contributed by atoms with Gasteiger partial charge in [-0.1, -0.05) is 0 Å². The van der Waals surface area contributed by atoms with E-state index in [1.54, 1.807) is 0 Å². The molecule has 2 N–H and O–H groups in total. The Morgan fingerprint density at radius 3 is 2.50 bits per heavy atom. The quantitative estimate of drug-likeness (QED) is 0.660. The lowest BCUT2D eigenvalue weighted by Crippen LogP contribution is -2.28. The Balaban J connectivity index is 1.66. The highest BCUT2D eigenvalue weighted by Gasteiger charge is 2.37. The highest BCUT2D eigenvalue weighted by molar-refractivity contribution is 4.88. The Morgan fingerprint density at radius 1 is 1.17 bits per heavy atom. The van der Waals surface area contributed by atoms with Gasteiger partial charge in [0.1, 0.15) is 0 Å². The molecule has 0 radical (unpaired) electrons. The van der Waals surface area contributed by atoms with E-state index in [4.69, 9.17) is 5.11 Å². The molecule has 2 fully saturated rings. The van der Waals surface area contributed by atoms with Gasteiger partial charge >= 0.3 is 0 Å². The first-order valence-electron chi connectivity index (χ1n) is 5.21. The summed E-state index contributed by atoms with van der Waals surface area (Å²) >= 11 is 0. The van der Waals surface area contributed by atoms with Crippen molar-refractivity contribution in [2.45, 2.75) is 25.7 Å². The van der Waals surface area contributed by atoms with Gasteiger partial charge in [-0.15, -0.1) is 0 Å². The molecule has 70 valence electrons. The Hall–Kier alpha value is -0.0800. The van der Waals surface area contributed by atoms with Crippen molar-refractivity contribution in [2.24, 2.45) is 17.8 Å². The van der Waals surface area contributed by atoms with Crippen molar-refractivity contribution in [1.29, 1.82) is 0 Å². The highest BCUT2D eigenvalue weighted by Crippen LogP contribution is 2.43. The molecule has 2 heteroatoms. The van der Waals surface area contributed by atoms with E-state index >= 15 is 0 Å². The minimum absolute atomic E-state index is 0.426. The van der Waals surface area contributed by atoms with E-state index in [1.165, 1.54) is 38.8 Å². The molecule has 0 aromatic carbocycles. The summed E-state index contributed by atoms with van der Waals surface area (Å²) < 4.78 is 0. The maximum atomic E-state index is 8.89. The smallest absolute Gasteiger partial charge is 0.0462 e. The topological polar surface area (TPSA) is 32.3 Å². The molecule has 1 saturated carbocycles. The maximum absolute atomic E-state index is 8.89. The van der Waals surface area contributed by atoms with E-state index in [0.717, 1.165) is 11.8 Å². The molecule has 1 heterocycles. The Morgan fingerprint density at radius 2 is 1.92 bits per heavy atom. The van der Waals surface area contributed by atoms with Crippen LogP contribution in [-0.4, -0.2) is 24.8 Å². The summed E-state index contributed by atoms with van der Waals surface area (Å²) in [6.45, 7) is 2.85. The molecule has 0 spiro atoms. The molecule has 2 aliphatic rings. The highest BCUT2D eigenvalue weighted by atomic mass is 16.3. The first-order chi connectivity index (χ1) is 5.90. The third-order valence-electron chi connectivity index (χ3n) is 3.40. The molecule has 1 saturated heterocycles. The van der Waals surface area contributed by atoms with Crippen LogP contribution >= 0.6 is 0 Å². The standard InChI is InChI=1S/C10H19NO/c12-7-10-6-9(10)5-8-1-3-11-4-2-8/h8-12H,1-7H2. The lowest BCUT2D eigenvalue weighted by Gasteiger charge is -2.22. The second kappa shape index (κ2) is 3.75. The third-order valence-corrected chi connectivity index (χ3v) is 3.40. The van der Waals surface area contributed by atoms with E-state index in [2.05, 4.69) is 5.32 Å². The number of hydrogen-bond acceptors (Lipinski definition) is 2. The number of aliphatic hydroxyl groups excluding tert-OH is 1. The lowest BCUT2D eigenvalue weighted by atomic mass is 9.92. The van der Waals surface area contributed by atoms with Gasteiger partial charge in [0.15, 0.2) is 0 Å². The van der Waals surface area contributed by atoms with Gasteiger partial charge in [-0.05, 0) is 56.5 Å². The summed E-state index contributed by atoms with van der Waals surface area (Å²) in [6.07, 6.45) is 5.39. The summed E-state index contributed by atoms with van der Waals surface area (Å²) in [6, 6.07) is 0. The largest absolute Gasteiger partial charge is 0.396 e. The zero-order valence-corrected chi connectivity index (χ0v) is 7.63. The van der Waals surface area contributed by atoms with Crippen molar-refractivity contribution in [2.75, 3.05) is 19.7 Å². The van der Waals surface area contributed by atoms with Gasteiger partial charge in [0.2, 0.25) is 0 Å². The van der Waals surface area contributed by atoms with Crippen LogP contribution in [0.5, 0.6) is 0 Å². The van der Waals surface area contributed by atoms with E-state index in [0.29, 0.717) is 12.5 Å². The summed E-state index contributed by atoms with van der Waals surface area (Å²) in [5.74, 6) is 2.49. The van der Waals surface area contributed by atoms with Crippen molar-refractivity contribution >= 4 is 0 Å². The van der Waals surface area contributed by atoms with Gasteiger partial charge in [-0.25, -0.2) is 0 Å². The van der Waals surface area contributed by atoms with Gasteiger partial charge in [-0.3, -0.25) is 0 Å². The van der Waals surface area contributed by atoms with Gasteiger partial charge < -0.3 is 10.4 Å². The van der Waals surface area contributed by atoms with Crippen LogP contribution in [0.25, 0.3) is 0 Å². The summed E-state index contributed by atoms with van der Waals surface area (Å²) in [5, 5.41) is 12.3. The monoisotopic (exact) mass is 169 g/mol. The van der Waals surface area contributed by atoms with Crippen LogP contribution in [0, 0.1) is 17.8 Å². The summed E-state index contributed by atoms with van der Waals surface area (Å²) in [5.41, 5.74) is 0. The minimum atomic E-state index is 0.426. The van der Waals surface area contributed by atoms with Gasteiger partial charge in [-0.2, -0.15) is 0 Å². The van der Waals surface area contributed by atoms with Crippen LogP contribution in [0.15, 0.2) is 0 Å². The fraction of sp³-hybridized carbons (Fsp3) is 1.00. The molecule has 2 nitrogen and oxygen atoms in total.